The number of aromatic nitrogens is 1. The lowest BCUT2D eigenvalue weighted by Crippen LogP contribution is -2.11. The molecule has 180 valence electrons. The van der Waals surface area contributed by atoms with E-state index in [0.29, 0.717) is 28.7 Å². The van der Waals surface area contributed by atoms with Crippen molar-refractivity contribution in [2.24, 2.45) is 0 Å². The third-order valence-corrected chi connectivity index (χ3v) is 5.47. The zero-order valence-electron chi connectivity index (χ0n) is 18.9. The van der Waals surface area contributed by atoms with Gasteiger partial charge in [0.05, 0.1) is 5.56 Å². The Hall–Kier alpha value is -4.07. The molecule has 3 aromatic carbocycles. The largest absolute Gasteiger partial charge is 0.507 e. The number of phenolic OH excluding ortho intramolecular Hbond substituents is 1. The normalized spacial score (nSPS) is 11.4. The van der Waals surface area contributed by atoms with E-state index in [9.17, 15) is 23.1 Å². The van der Waals surface area contributed by atoms with E-state index in [-0.39, 0.29) is 35.5 Å². The van der Waals surface area contributed by atoms with Gasteiger partial charge in [-0.25, -0.2) is 4.98 Å². The van der Waals surface area contributed by atoms with Crippen molar-refractivity contribution in [3.05, 3.63) is 78.4 Å². The van der Waals surface area contributed by atoms with Crippen molar-refractivity contribution in [1.82, 2.24) is 4.98 Å². The minimum absolute atomic E-state index is 0.0490. The van der Waals surface area contributed by atoms with Crippen LogP contribution in [-0.2, 0) is 11.0 Å². The van der Waals surface area contributed by atoms with Gasteiger partial charge in [-0.1, -0.05) is 61.9 Å². The van der Waals surface area contributed by atoms with Crippen molar-refractivity contribution in [2.45, 2.75) is 32.4 Å². The van der Waals surface area contributed by atoms with Crippen LogP contribution in [0, 0.1) is 0 Å². The Labute approximate surface area is 200 Å². The Morgan fingerprint density at radius 3 is 2.20 bits per heavy atom. The maximum atomic E-state index is 13.0. The molecule has 0 aliphatic heterocycles. The highest BCUT2D eigenvalue weighted by atomic mass is 19.4. The summed E-state index contributed by atoms with van der Waals surface area (Å²) >= 11 is 0. The summed E-state index contributed by atoms with van der Waals surface area (Å²) in [6, 6.07) is 18.5. The summed E-state index contributed by atoms with van der Waals surface area (Å²) in [4.78, 5) is 17.0. The number of hydrogen-bond acceptors (Lipinski definition) is 4. The topological polar surface area (TPSA) is 75.4 Å². The molecule has 0 radical (unpaired) electrons. The van der Waals surface area contributed by atoms with Crippen molar-refractivity contribution in [3.63, 3.8) is 0 Å². The number of hydrogen-bond donors (Lipinski definition) is 2. The molecule has 1 amide bonds. The summed E-state index contributed by atoms with van der Waals surface area (Å²) in [6.07, 6.45) is -2.69. The molecule has 0 spiro atoms. The number of carbonyl (C=O) groups excluding carboxylic acids is 1. The van der Waals surface area contributed by atoms with E-state index in [4.69, 9.17) is 4.42 Å². The molecule has 0 saturated carbocycles. The SMILES string of the molecule is CCCCC(=O)Nc1oc(-c2ccccc2-c2ccccc2O)nc1-c1ccc(C(F)(F)F)cc1. The molecule has 1 aromatic heterocycles. The Bertz CT molecular complexity index is 1330. The molecular formula is C27H23F3N2O3. The van der Waals surface area contributed by atoms with Crippen molar-refractivity contribution < 1.29 is 27.5 Å². The van der Waals surface area contributed by atoms with Crippen LogP contribution in [0.5, 0.6) is 5.75 Å². The van der Waals surface area contributed by atoms with E-state index in [1.54, 1.807) is 48.5 Å². The van der Waals surface area contributed by atoms with Crippen molar-refractivity contribution >= 4 is 11.8 Å². The predicted molar refractivity (Wildman–Crippen MR) is 128 cm³/mol. The lowest BCUT2D eigenvalue weighted by molar-refractivity contribution is -0.137. The average Bonchev–Trinajstić information content (AvgIpc) is 3.26. The second-order valence-electron chi connectivity index (χ2n) is 7.99. The minimum atomic E-state index is -4.47. The van der Waals surface area contributed by atoms with Crippen LogP contribution in [0.1, 0.15) is 31.7 Å². The third kappa shape index (κ3) is 5.37. The summed E-state index contributed by atoms with van der Waals surface area (Å²) in [7, 11) is 0. The molecule has 5 nitrogen and oxygen atoms in total. The first-order valence-electron chi connectivity index (χ1n) is 11.1. The van der Waals surface area contributed by atoms with Crippen LogP contribution in [0.4, 0.5) is 19.1 Å². The van der Waals surface area contributed by atoms with Gasteiger partial charge in [-0.3, -0.25) is 10.1 Å². The number of oxazole rings is 1. The lowest BCUT2D eigenvalue weighted by atomic mass is 9.99. The number of amides is 1. The van der Waals surface area contributed by atoms with E-state index >= 15 is 0 Å². The molecule has 0 atom stereocenters. The first kappa shape index (κ1) is 24.1. The van der Waals surface area contributed by atoms with E-state index in [0.717, 1.165) is 18.6 Å². The zero-order chi connectivity index (χ0) is 25.0. The number of rotatable bonds is 7. The fourth-order valence-corrected chi connectivity index (χ4v) is 3.67. The van der Waals surface area contributed by atoms with Gasteiger partial charge in [0, 0.05) is 23.1 Å². The highest BCUT2D eigenvalue weighted by Crippen LogP contribution is 2.40. The summed E-state index contributed by atoms with van der Waals surface area (Å²) < 4.78 is 45.1. The molecule has 0 aliphatic rings. The van der Waals surface area contributed by atoms with Crippen LogP contribution in [0.2, 0.25) is 0 Å². The van der Waals surface area contributed by atoms with E-state index in [1.807, 2.05) is 6.92 Å². The fourth-order valence-electron chi connectivity index (χ4n) is 3.67. The number of unbranched alkanes of at least 4 members (excludes halogenated alkanes) is 1. The monoisotopic (exact) mass is 480 g/mol. The number of nitrogens with zero attached hydrogens (tertiary/aromatic N) is 1. The smallest absolute Gasteiger partial charge is 0.416 e. The number of alkyl halides is 3. The highest BCUT2D eigenvalue weighted by Gasteiger charge is 2.30. The Morgan fingerprint density at radius 2 is 1.57 bits per heavy atom. The second-order valence-corrected chi connectivity index (χ2v) is 7.99. The van der Waals surface area contributed by atoms with Crippen LogP contribution >= 0.6 is 0 Å². The van der Waals surface area contributed by atoms with Crippen LogP contribution in [-0.4, -0.2) is 16.0 Å². The Morgan fingerprint density at radius 1 is 0.943 bits per heavy atom. The summed E-state index contributed by atoms with van der Waals surface area (Å²) in [6.45, 7) is 1.96. The molecule has 0 bridgehead atoms. The molecule has 0 unspecified atom stereocenters. The van der Waals surface area contributed by atoms with Crippen molar-refractivity contribution in [3.8, 4) is 39.6 Å². The molecule has 1 heterocycles. The summed E-state index contributed by atoms with van der Waals surface area (Å²) in [5.74, 6) is -0.00301. The molecule has 0 fully saturated rings. The number of benzene rings is 3. The Kier molecular flexibility index (Phi) is 6.91. The van der Waals surface area contributed by atoms with E-state index in [2.05, 4.69) is 10.3 Å². The van der Waals surface area contributed by atoms with Crippen molar-refractivity contribution in [1.29, 1.82) is 0 Å². The Balaban J connectivity index is 1.81. The molecule has 8 heteroatoms. The van der Waals surface area contributed by atoms with Gasteiger partial charge in [0.2, 0.25) is 17.7 Å². The van der Waals surface area contributed by atoms with Gasteiger partial charge in [0.25, 0.3) is 0 Å². The molecule has 35 heavy (non-hydrogen) atoms. The molecule has 2 N–H and O–H groups in total. The van der Waals surface area contributed by atoms with Gasteiger partial charge in [-0.2, -0.15) is 13.2 Å². The van der Waals surface area contributed by atoms with Crippen LogP contribution in [0.3, 0.4) is 0 Å². The standard InChI is InChI=1S/C27H23F3N2O3/c1-2-3-12-23(34)31-26-24(17-13-15-18(16-14-17)27(28,29)30)32-25(35-26)21-10-5-4-8-19(21)20-9-6-7-11-22(20)33/h4-11,13-16,33H,2-3,12H2,1H3,(H,31,34). The van der Waals surface area contributed by atoms with Gasteiger partial charge < -0.3 is 9.52 Å². The van der Waals surface area contributed by atoms with Crippen LogP contribution < -0.4 is 5.32 Å². The number of para-hydroxylation sites is 1. The summed E-state index contributed by atoms with van der Waals surface area (Å²) in [5.41, 5.74) is 1.55. The highest BCUT2D eigenvalue weighted by molar-refractivity contribution is 5.93. The number of halogens is 3. The maximum absolute atomic E-state index is 13.0. The van der Waals surface area contributed by atoms with Crippen LogP contribution in [0.15, 0.2) is 77.2 Å². The number of phenols is 1. The molecule has 0 saturated heterocycles. The van der Waals surface area contributed by atoms with Gasteiger partial charge in [0.1, 0.15) is 11.4 Å². The zero-order valence-corrected chi connectivity index (χ0v) is 18.9. The van der Waals surface area contributed by atoms with Gasteiger partial charge >= 0.3 is 6.18 Å². The molecule has 4 rings (SSSR count). The van der Waals surface area contributed by atoms with E-state index < -0.39 is 11.7 Å². The number of anilines is 1. The van der Waals surface area contributed by atoms with Gasteiger partial charge in [-0.15, -0.1) is 0 Å². The number of carbonyl (C=O) groups is 1. The molecule has 4 aromatic rings. The quantitative estimate of drug-likeness (QED) is 0.287. The first-order chi connectivity index (χ1) is 16.8. The number of nitrogens with one attached hydrogen (secondary N) is 1. The third-order valence-electron chi connectivity index (χ3n) is 5.47. The van der Waals surface area contributed by atoms with Gasteiger partial charge in [-0.05, 0) is 36.2 Å². The lowest BCUT2D eigenvalue weighted by Gasteiger charge is -2.08. The summed E-state index contributed by atoms with van der Waals surface area (Å²) in [5, 5.41) is 13.1. The molecular weight excluding hydrogens is 457 g/mol. The molecule has 0 aliphatic carbocycles. The predicted octanol–water partition coefficient (Wildman–Crippen LogP) is 7.53. The average molecular weight is 480 g/mol. The minimum Gasteiger partial charge on any atom is -0.507 e. The van der Waals surface area contributed by atoms with Gasteiger partial charge in [0.15, 0.2) is 0 Å². The van der Waals surface area contributed by atoms with Crippen molar-refractivity contribution in [2.75, 3.05) is 5.32 Å². The van der Waals surface area contributed by atoms with E-state index in [1.165, 1.54) is 12.1 Å². The number of aromatic hydroxyl groups is 1. The fraction of sp³-hybridized carbons (Fsp3) is 0.185. The van der Waals surface area contributed by atoms with Crippen LogP contribution in [0.25, 0.3) is 33.8 Å². The maximum Gasteiger partial charge on any atom is 0.416 e. The second kappa shape index (κ2) is 10.0. The first-order valence-corrected chi connectivity index (χ1v) is 11.1.